The molecule has 82 valence electrons. The van der Waals surface area contributed by atoms with Crippen molar-refractivity contribution in [1.82, 2.24) is 9.78 Å². The molecular formula is C12H12IN3. The Morgan fingerprint density at radius 3 is 2.75 bits per heavy atom. The second kappa shape index (κ2) is 5.16. The van der Waals surface area contributed by atoms with Gasteiger partial charge in [-0.3, -0.25) is 0 Å². The number of nitrogens with zero attached hydrogens (tertiary/aromatic N) is 2. The van der Waals surface area contributed by atoms with Crippen LogP contribution < -0.4 is 5.32 Å². The molecule has 4 heteroatoms. The van der Waals surface area contributed by atoms with Crippen LogP contribution in [0, 0.1) is 3.57 Å². The van der Waals surface area contributed by atoms with E-state index in [0.717, 1.165) is 17.8 Å². The highest BCUT2D eigenvalue weighted by Crippen LogP contribution is 2.12. The minimum absolute atomic E-state index is 0.772. The number of rotatable bonds is 4. The van der Waals surface area contributed by atoms with E-state index in [9.17, 15) is 0 Å². The Morgan fingerprint density at radius 1 is 1.38 bits per heavy atom. The molecule has 0 aliphatic carbocycles. The van der Waals surface area contributed by atoms with E-state index in [1.54, 1.807) is 10.9 Å². The van der Waals surface area contributed by atoms with Gasteiger partial charge in [-0.2, -0.15) is 5.10 Å². The highest BCUT2D eigenvalue weighted by atomic mass is 127. The van der Waals surface area contributed by atoms with Gasteiger partial charge in [-0.05, 0) is 46.9 Å². The molecule has 1 heterocycles. The van der Waals surface area contributed by atoms with Crippen molar-refractivity contribution in [1.29, 1.82) is 0 Å². The molecule has 0 amide bonds. The molecule has 0 saturated heterocycles. The maximum absolute atomic E-state index is 4.12. The summed E-state index contributed by atoms with van der Waals surface area (Å²) in [5, 5.41) is 7.45. The van der Waals surface area contributed by atoms with Crippen molar-refractivity contribution < 1.29 is 0 Å². The lowest BCUT2D eigenvalue weighted by Crippen LogP contribution is -1.97. The van der Waals surface area contributed by atoms with Gasteiger partial charge in [0.15, 0.2) is 0 Å². The number of hydrogen-bond acceptors (Lipinski definition) is 2. The first kappa shape index (κ1) is 11.2. The smallest absolute Gasteiger partial charge is 0.0543 e. The van der Waals surface area contributed by atoms with E-state index < -0.39 is 0 Å². The normalized spacial score (nSPS) is 10.1. The van der Waals surface area contributed by atoms with Gasteiger partial charge in [-0.15, -0.1) is 0 Å². The molecule has 16 heavy (non-hydrogen) atoms. The third kappa shape index (κ3) is 2.85. The Morgan fingerprint density at radius 2 is 2.12 bits per heavy atom. The van der Waals surface area contributed by atoms with Gasteiger partial charge < -0.3 is 5.32 Å². The third-order valence-electron chi connectivity index (χ3n) is 2.18. The van der Waals surface area contributed by atoms with Crippen molar-refractivity contribution in [3.05, 3.63) is 52.4 Å². The van der Waals surface area contributed by atoms with Crippen molar-refractivity contribution >= 4 is 34.5 Å². The van der Waals surface area contributed by atoms with Crippen LogP contribution in [0.1, 0.15) is 5.56 Å². The maximum atomic E-state index is 4.12. The predicted octanol–water partition coefficient (Wildman–Crippen LogP) is 3.20. The molecular weight excluding hydrogens is 313 g/mol. The zero-order valence-corrected chi connectivity index (χ0v) is 10.9. The lowest BCUT2D eigenvalue weighted by Gasteiger charge is -2.04. The summed E-state index contributed by atoms with van der Waals surface area (Å²) >= 11 is 2.29. The Labute approximate surface area is 108 Å². The van der Waals surface area contributed by atoms with Crippen LogP contribution in [0.15, 0.2) is 43.2 Å². The van der Waals surface area contributed by atoms with Crippen molar-refractivity contribution in [2.24, 2.45) is 0 Å². The van der Waals surface area contributed by atoms with Crippen LogP contribution >= 0.6 is 22.6 Å². The standard InChI is InChI=1S/C12H12IN3/c1-2-16-9-10(8-15-16)7-14-12-5-3-11(13)4-6-12/h2-6,8-9,14H,1,7H2. The summed E-state index contributed by atoms with van der Waals surface area (Å²) in [6.07, 6.45) is 5.46. The van der Waals surface area contributed by atoms with Crippen molar-refractivity contribution in [3.63, 3.8) is 0 Å². The molecule has 0 saturated carbocycles. The number of halogens is 1. The van der Waals surface area contributed by atoms with E-state index in [0.29, 0.717) is 0 Å². The van der Waals surface area contributed by atoms with Gasteiger partial charge in [0.05, 0.1) is 6.20 Å². The molecule has 1 N–H and O–H groups in total. The topological polar surface area (TPSA) is 29.9 Å². The van der Waals surface area contributed by atoms with Crippen LogP contribution in [0.2, 0.25) is 0 Å². The summed E-state index contributed by atoms with van der Waals surface area (Å²) in [6.45, 7) is 4.42. The largest absolute Gasteiger partial charge is 0.381 e. The van der Waals surface area contributed by atoms with Crippen LogP contribution in [0.5, 0.6) is 0 Å². The quantitative estimate of drug-likeness (QED) is 0.875. The fraction of sp³-hybridized carbons (Fsp3) is 0.0833. The van der Waals surface area contributed by atoms with Crippen LogP contribution in [-0.4, -0.2) is 9.78 Å². The zero-order valence-electron chi connectivity index (χ0n) is 8.73. The molecule has 0 aliphatic rings. The van der Waals surface area contributed by atoms with Crippen molar-refractivity contribution in [2.75, 3.05) is 5.32 Å². The number of aromatic nitrogens is 2. The summed E-state index contributed by atoms with van der Waals surface area (Å²) < 4.78 is 2.94. The highest BCUT2D eigenvalue weighted by Gasteiger charge is 1.96. The van der Waals surface area contributed by atoms with Crippen LogP contribution in [-0.2, 0) is 6.54 Å². The molecule has 2 rings (SSSR count). The van der Waals surface area contributed by atoms with E-state index in [-0.39, 0.29) is 0 Å². The summed E-state index contributed by atoms with van der Waals surface area (Å²) in [7, 11) is 0. The second-order valence-corrected chi connectivity index (χ2v) is 4.62. The number of nitrogens with one attached hydrogen (secondary N) is 1. The lowest BCUT2D eigenvalue weighted by atomic mass is 10.3. The molecule has 0 unspecified atom stereocenters. The molecule has 0 fully saturated rings. The van der Waals surface area contributed by atoms with Gasteiger partial charge in [0.2, 0.25) is 0 Å². The Kier molecular flexibility index (Phi) is 3.61. The van der Waals surface area contributed by atoms with Gasteiger partial charge in [0.25, 0.3) is 0 Å². The van der Waals surface area contributed by atoms with E-state index in [1.807, 2.05) is 12.4 Å². The Bertz CT molecular complexity index is 473. The molecule has 0 aliphatic heterocycles. The third-order valence-corrected chi connectivity index (χ3v) is 2.90. The molecule has 3 nitrogen and oxygen atoms in total. The molecule has 0 atom stereocenters. The number of anilines is 1. The SMILES string of the molecule is C=Cn1cc(CNc2ccc(I)cc2)cn1. The van der Waals surface area contributed by atoms with Crippen molar-refractivity contribution in [3.8, 4) is 0 Å². The van der Waals surface area contributed by atoms with Gasteiger partial charge >= 0.3 is 0 Å². The zero-order chi connectivity index (χ0) is 11.4. The number of hydrogen-bond donors (Lipinski definition) is 1. The van der Waals surface area contributed by atoms with Gasteiger partial charge in [0, 0.05) is 33.8 Å². The van der Waals surface area contributed by atoms with E-state index in [4.69, 9.17) is 0 Å². The average Bonchev–Trinajstić information content (AvgIpc) is 2.76. The van der Waals surface area contributed by atoms with E-state index >= 15 is 0 Å². The van der Waals surface area contributed by atoms with Crippen LogP contribution in [0.3, 0.4) is 0 Å². The summed E-state index contributed by atoms with van der Waals surface area (Å²) in [4.78, 5) is 0. The van der Waals surface area contributed by atoms with E-state index in [2.05, 4.69) is 63.9 Å². The Balaban J connectivity index is 1.96. The van der Waals surface area contributed by atoms with Crippen molar-refractivity contribution in [2.45, 2.75) is 6.54 Å². The first-order valence-corrected chi connectivity index (χ1v) is 6.01. The first-order valence-electron chi connectivity index (χ1n) is 4.93. The molecule has 2 aromatic rings. The lowest BCUT2D eigenvalue weighted by molar-refractivity contribution is 0.936. The van der Waals surface area contributed by atoms with Gasteiger partial charge in [-0.25, -0.2) is 4.68 Å². The minimum Gasteiger partial charge on any atom is -0.381 e. The fourth-order valence-electron chi connectivity index (χ4n) is 1.34. The fourth-order valence-corrected chi connectivity index (χ4v) is 1.70. The van der Waals surface area contributed by atoms with Crippen LogP contribution in [0.25, 0.3) is 6.20 Å². The van der Waals surface area contributed by atoms with Crippen LogP contribution in [0.4, 0.5) is 5.69 Å². The monoisotopic (exact) mass is 325 g/mol. The summed E-state index contributed by atoms with van der Waals surface area (Å²) in [5.41, 5.74) is 2.25. The second-order valence-electron chi connectivity index (χ2n) is 3.37. The average molecular weight is 325 g/mol. The maximum Gasteiger partial charge on any atom is 0.0543 e. The van der Waals surface area contributed by atoms with Gasteiger partial charge in [-0.1, -0.05) is 6.58 Å². The summed E-state index contributed by atoms with van der Waals surface area (Å²) in [5.74, 6) is 0. The molecule has 1 aromatic heterocycles. The molecule has 0 bridgehead atoms. The summed E-state index contributed by atoms with van der Waals surface area (Å²) in [6, 6.07) is 8.30. The molecule has 0 radical (unpaired) electrons. The van der Waals surface area contributed by atoms with Gasteiger partial charge in [0.1, 0.15) is 0 Å². The Hall–Kier alpha value is -1.30. The number of benzene rings is 1. The molecule has 0 spiro atoms. The highest BCUT2D eigenvalue weighted by molar-refractivity contribution is 14.1. The van der Waals surface area contributed by atoms with E-state index in [1.165, 1.54) is 3.57 Å². The minimum atomic E-state index is 0.772. The molecule has 1 aromatic carbocycles. The predicted molar refractivity (Wildman–Crippen MR) is 75.1 cm³/mol. The first-order chi connectivity index (χ1) is 7.78.